The summed E-state index contributed by atoms with van der Waals surface area (Å²) < 4.78 is 1.59. The third-order valence-corrected chi connectivity index (χ3v) is 2.71. The van der Waals surface area contributed by atoms with Gasteiger partial charge in [-0.05, 0) is 19.1 Å². The Balaban J connectivity index is 2.63. The lowest BCUT2D eigenvalue weighted by atomic mass is 10.3. The molecule has 1 aromatic heterocycles. The van der Waals surface area contributed by atoms with Crippen molar-refractivity contribution in [1.29, 1.82) is 0 Å². The van der Waals surface area contributed by atoms with Gasteiger partial charge in [0.1, 0.15) is 5.69 Å². The Labute approximate surface area is 97.4 Å². The first kappa shape index (κ1) is 10.3. The molecule has 2 aromatic rings. The van der Waals surface area contributed by atoms with E-state index in [1.54, 1.807) is 29.1 Å². The van der Waals surface area contributed by atoms with Crippen molar-refractivity contribution in [3.05, 3.63) is 40.1 Å². The number of anilines is 1. The summed E-state index contributed by atoms with van der Waals surface area (Å²) in [7, 11) is 0. The van der Waals surface area contributed by atoms with E-state index in [4.69, 9.17) is 28.9 Å². The molecule has 0 bridgehead atoms. The van der Waals surface area contributed by atoms with Crippen LogP contribution in [-0.2, 0) is 0 Å². The summed E-state index contributed by atoms with van der Waals surface area (Å²) in [6, 6.07) is 5.31. The van der Waals surface area contributed by atoms with E-state index in [0.29, 0.717) is 21.4 Å². The lowest BCUT2D eigenvalue weighted by molar-refractivity contribution is 0.863. The minimum absolute atomic E-state index is 0.546. The molecule has 5 heteroatoms. The molecule has 0 atom stereocenters. The standard InChI is InChI=1S/C10H9Cl2N3/c1-6-9(13)5-15(14-6)10-7(11)3-2-4-8(10)12/h2-5H,13H2,1H3. The molecule has 15 heavy (non-hydrogen) atoms. The first-order valence-corrected chi connectivity index (χ1v) is 5.11. The van der Waals surface area contributed by atoms with Crippen LogP contribution < -0.4 is 5.73 Å². The summed E-state index contributed by atoms with van der Waals surface area (Å²) in [6.07, 6.45) is 1.70. The van der Waals surface area contributed by atoms with E-state index in [0.717, 1.165) is 5.69 Å². The summed E-state index contributed by atoms with van der Waals surface area (Å²) >= 11 is 12.1. The van der Waals surface area contributed by atoms with Crippen molar-refractivity contribution in [3.63, 3.8) is 0 Å². The lowest BCUT2D eigenvalue weighted by Crippen LogP contribution is -1.96. The van der Waals surface area contributed by atoms with Crippen molar-refractivity contribution in [3.8, 4) is 5.69 Å². The van der Waals surface area contributed by atoms with E-state index in [1.807, 2.05) is 6.92 Å². The van der Waals surface area contributed by atoms with Gasteiger partial charge in [-0.15, -0.1) is 0 Å². The second-order valence-corrected chi connectivity index (χ2v) is 4.00. The van der Waals surface area contributed by atoms with Crippen molar-refractivity contribution in [1.82, 2.24) is 9.78 Å². The van der Waals surface area contributed by atoms with Crippen LogP contribution in [0.1, 0.15) is 5.69 Å². The van der Waals surface area contributed by atoms with Gasteiger partial charge in [0.05, 0.1) is 27.6 Å². The minimum Gasteiger partial charge on any atom is -0.396 e. The molecule has 0 radical (unpaired) electrons. The van der Waals surface area contributed by atoms with Crippen LogP contribution in [0.5, 0.6) is 0 Å². The molecule has 78 valence electrons. The number of halogens is 2. The Morgan fingerprint density at radius 2 is 1.87 bits per heavy atom. The number of hydrogen-bond acceptors (Lipinski definition) is 2. The number of aromatic nitrogens is 2. The highest BCUT2D eigenvalue weighted by Crippen LogP contribution is 2.28. The van der Waals surface area contributed by atoms with Gasteiger partial charge in [0.25, 0.3) is 0 Å². The average molecular weight is 242 g/mol. The van der Waals surface area contributed by atoms with Crippen molar-refractivity contribution >= 4 is 28.9 Å². The topological polar surface area (TPSA) is 43.8 Å². The van der Waals surface area contributed by atoms with Gasteiger partial charge >= 0.3 is 0 Å². The van der Waals surface area contributed by atoms with Gasteiger partial charge in [0.2, 0.25) is 0 Å². The third-order valence-electron chi connectivity index (χ3n) is 2.10. The second kappa shape index (κ2) is 3.76. The third kappa shape index (κ3) is 1.80. The number of benzene rings is 1. The van der Waals surface area contributed by atoms with Gasteiger partial charge in [-0.25, -0.2) is 4.68 Å². The SMILES string of the molecule is Cc1nn(-c2c(Cl)cccc2Cl)cc1N. The number of nitrogen functional groups attached to an aromatic ring is 1. The van der Waals surface area contributed by atoms with Crippen LogP contribution in [0.25, 0.3) is 5.69 Å². The van der Waals surface area contributed by atoms with Crippen molar-refractivity contribution in [2.45, 2.75) is 6.92 Å². The van der Waals surface area contributed by atoms with E-state index >= 15 is 0 Å². The smallest absolute Gasteiger partial charge is 0.102 e. The fourth-order valence-electron chi connectivity index (χ4n) is 1.30. The van der Waals surface area contributed by atoms with Gasteiger partial charge in [-0.1, -0.05) is 29.3 Å². The van der Waals surface area contributed by atoms with Crippen molar-refractivity contribution in [2.24, 2.45) is 0 Å². The maximum absolute atomic E-state index is 6.04. The summed E-state index contributed by atoms with van der Waals surface area (Å²) in [5.74, 6) is 0. The Morgan fingerprint density at radius 1 is 1.27 bits per heavy atom. The van der Waals surface area contributed by atoms with E-state index in [-0.39, 0.29) is 0 Å². The molecule has 2 rings (SSSR count). The normalized spacial score (nSPS) is 10.6. The van der Waals surface area contributed by atoms with E-state index < -0.39 is 0 Å². The summed E-state index contributed by atoms with van der Waals surface area (Å²) in [4.78, 5) is 0. The highest BCUT2D eigenvalue weighted by Gasteiger charge is 2.10. The summed E-state index contributed by atoms with van der Waals surface area (Å²) in [5, 5.41) is 5.32. The van der Waals surface area contributed by atoms with Crippen LogP contribution >= 0.6 is 23.2 Å². The van der Waals surface area contributed by atoms with Gasteiger partial charge < -0.3 is 5.73 Å². The molecule has 0 fully saturated rings. The van der Waals surface area contributed by atoms with E-state index in [9.17, 15) is 0 Å². The van der Waals surface area contributed by atoms with Gasteiger partial charge in [0, 0.05) is 0 Å². The van der Waals surface area contributed by atoms with Crippen LogP contribution in [0.4, 0.5) is 5.69 Å². The van der Waals surface area contributed by atoms with Gasteiger partial charge in [0.15, 0.2) is 0 Å². The van der Waals surface area contributed by atoms with Crippen molar-refractivity contribution < 1.29 is 0 Å². The monoisotopic (exact) mass is 241 g/mol. The maximum Gasteiger partial charge on any atom is 0.102 e. The molecular weight excluding hydrogens is 233 g/mol. The minimum atomic E-state index is 0.546. The van der Waals surface area contributed by atoms with Crippen LogP contribution in [0.3, 0.4) is 0 Å². The molecule has 0 saturated heterocycles. The van der Waals surface area contributed by atoms with Crippen LogP contribution in [0.15, 0.2) is 24.4 Å². The van der Waals surface area contributed by atoms with E-state index in [2.05, 4.69) is 5.10 Å². The molecule has 0 aliphatic carbocycles. The predicted molar refractivity (Wildman–Crippen MR) is 62.7 cm³/mol. The average Bonchev–Trinajstić information content (AvgIpc) is 2.46. The lowest BCUT2D eigenvalue weighted by Gasteiger charge is -2.05. The molecule has 0 aliphatic rings. The molecule has 0 amide bonds. The Morgan fingerprint density at radius 3 is 2.33 bits per heavy atom. The molecular formula is C10H9Cl2N3. The summed E-state index contributed by atoms with van der Waals surface area (Å²) in [6.45, 7) is 1.83. The molecule has 0 saturated carbocycles. The number of hydrogen-bond donors (Lipinski definition) is 1. The quantitative estimate of drug-likeness (QED) is 0.835. The molecule has 2 N–H and O–H groups in total. The van der Waals surface area contributed by atoms with Crippen LogP contribution in [0, 0.1) is 6.92 Å². The van der Waals surface area contributed by atoms with Gasteiger partial charge in [-0.2, -0.15) is 5.10 Å². The molecule has 0 unspecified atom stereocenters. The zero-order chi connectivity index (χ0) is 11.0. The second-order valence-electron chi connectivity index (χ2n) is 3.18. The van der Waals surface area contributed by atoms with Crippen LogP contribution in [0.2, 0.25) is 10.0 Å². The number of para-hydroxylation sites is 1. The summed E-state index contributed by atoms with van der Waals surface area (Å²) in [5.41, 5.74) is 7.73. The number of rotatable bonds is 1. The number of nitrogens with zero attached hydrogens (tertiary/aromatic N) is 2. The molecule has 3 nitrogen and oxygen atoms in total. The molecule has 0 spiro atoms. The number of aryl methyl sites for hydroxylation is 1. The Bertz CT molecular complexity index is 466. The predicted octanol–water partition coefficient (Wildman–Crippen LogP) is 3.07. The Hall–Kier alpha value is -1.19. The Kier molecular flexibility index (Phi) is 2.59. The maximum atomic E-state index is 6.04. The fourth-order valence-corrected chi connectivity index (χ4v) is 1.87. The first-order chi connectivity index (χ1) is 7.09. The molecule has 1 aromatic carbocycles. The highest BCUT2D eigenvalue weighted by atomic mass is 35.5. The largest absolute Gasteiger partial charge is 0.396 e. The van der Waals surface area contributed by atoms with E-state index in [1.165, 1.54) is 0 Å². The highest BCUT2D eigenvalue weighted by molar-refractivity contribution is 6.37. The molecule has 0 aliphatic heterocycles. The van der Waals surface area contributed by atoms with Crippen molar-refractivity contribution in [2.75, 3.05) is 5.73 Å². The zero-order valence-corrected chi connectivity index (χ0v) is 9.55. The van der Waals surface area contributed by atoms with Crippen LogP contribution in [-0.4, -0.2) is 9.78 Å². The first-order valence-electron chi connectivity index (χ1n) is 4.35. The molecule has 1 heterocycles. The van der Waals surface area contributed by atoms with Gasteiger partial charge in [-0.3, -0.25) is 0 Å². The fraction of sp³-hybridized carbons (Fsp3) is 0.100. The number of nitrogens with two attached hydrogens (primary N) is 1. The zero-order valence-electron chi connectivity index (χ0n) is 8.04.